The Kier molecular flexibility index (Phi) is 3.90. The fourth-order valence-corrected chi connectivity index (χ4v) is 1.75. The molecule has 1 aromatic heterocycles. The molecule has 1 heterocycles. The minimum atomic E-state index is -1.16. The number of carboxylic acids is 1. The Balaban J connectivity index is 2.22. The SMILES string of the molecule is O=C(O)c1ncccc1NCc1ccccc1[N+](=O)[O-]. The second kappa shape index (κ2) is 5.79. The van der Waals surface area contributed by atoms with Crippen molar-refractivity contribution >= 4 is 17.3 Å². The predicted molar refractivity (Wildman–Crippen MR) is 71.6 cm³/mol. The van der Waals surface area contributed by atoms with Crippen molar-refractivity contribution < 1.29 is 14.8 Å². The van der Waals surface area contributed by atoms with Gasteiger partial charge in [-0.2, -0.15) is 0 Å². The lowest BCUT2D eigenvalue weighted by atomic mass is 10.1. The fraction of sp³-hybridized carbons (Fsp3) is 0.0769. The number of hydrogen-bond acceptors (Lipinski definition) is 5. The molecule has 0 spiro atoms. The zero-order valence-corrected chi connectivity index (χ0v) is 10.3. The average molecular weight is 273 g/mol. The molecule has 0 aliphatic carbocycles. The van der Waals surface area contributed by atoms with Gasteiger partial charge in [0.05, 0.1) is 10.6 Å². The molecule has 0 aliphatic heterocycles. The topological polar surface area (TPSA) is 105 Å². The molecule has 0 radical (unpaired) electrons. The van der Waals surface area contributed by atoms with Gasteiger partial charge in [-0.3, -0.25) is 10.1 Å². The highest BCUT2D eigenvalue weighted by Gasteiger charge is 2.14. The molecule has 2 rings (SSSR count). The number of nitro benzene ring substituents is 1. The number of rotatable bonds is 5. The highest BCUT2D eigenvalue weighted by Crippen LogP contribution is 2.20. The van der Waals surface area contributed by atoms with E-state index < -0.39 is 10.9 Å². The lowest BCUT2D eigenvalue weighted by molar-refractivity contribution is -0.385. The van der Waals surface area contributed by atoms with E-state index >= 15 is 0 Å². The molecule has 0 fully saturated rings. The van der Waals surface area contributed by atoms with Crippen LogP contribution >= 0.6 is 0 Å². The van der Waals surface area contributed by atoms with Crippen molar-refractivity contribution in [3.8, 4) is 0 Å². The van der Waals surface area contributed by atoms with Crippen molar-refractivity contribution in [3.05, 3.63) is 64.0 Å². The molecule has 0 aliphatic rings. The van der Waals surface area contributed by atoms with Gasteiger partial charge in [0, 0.05) is 24.4 Å². The Labute approximate surface area is 114 Å². The van der Waals surface area contributed by atoms with Crippen LogP contribution in [0.5, 0.6) is 0 Å². The van der Waals surface area contributed by atoms with Crippen molar-refractivity contribution in [2.45, 2.75) is 6.54 Å². The highest BCUT2D eigenvalue weighted by molar-refractivity contribution is 5.91. The summed E-state index contributed by atoms with van der Waals surface area (Å²) in [6.45, 7) is 0.142. The number of benzene rings is 1. The van der Waals surface area contributed by atoms with Crippen LogP contribution in [-0.4, -0.2) is 21.0 Å². The number of anilines is 1. The summed E-state index contributed by atoms with van der Waals surface area (Å²) in [6, 6.07) is 9.43. The molecule has 102 valence electrons. The summed E-state index contributed by atoms with van der Waals surface area (Å²) in [5, 5.41) is 22.7. The van der Waals surface area contributed by atoms with Crippen molar-refractivity contribution in [1.82, 2.24) is 4.98 Å². The van der Waals surface area contributed by atoms with Crippen LogP contribution in [0.4, 0.5) is 11.4 Å². The van der Waals surface area contributed by atoms with Crippen LogP contribution in [0.25, 0.3) is 0 Å². The van der Waals surface area contributed by atoms with Gasteiger partial charge >= 0.3 is 5.97 Å². The van der Waals surface area contributed by atoms with Crippen LogP contribution < -0.4 is 5.32 Å². The Morgan fingerprint density at radius 3 is 2.75 bits per heavy atom. The molecule has 0 saturated heterocycles. The van der Waals surface area contributed by atoms with Crippen LogP contribution in [0, 0.1) is 10.1 Å². The molecule has 0 atom stereocenters. The maximum atomic E-state index is 11.0. The van der Waals surface area contributed by atoms with E-state index in [4.69, 9.17) is 5.11 Å². The standard InChI is InChI=1S/C13H11N3O4/c17-13(18)12-10(5-3-7-14-12)15-8-9-4-1-2-6-11(9)16(19)20/h1-7,15H,8H2,(H,17,18). The van der Waals surface area contributed by atoms with Crippen molar-refractivity contribution in [2.24, 2.45) is 0 Å². The van der Waals surface area contributed by atoms with Crippen molar-refractivity contribution in [1.29, 1.82) is 0 Å². The van der Waals surface area contributed by atoms with Gasteiger partial charge in [-0.05, 0) is 12.1 Å². The van der Waals surface area contributed by atoms with Gasteiger partial charge in [-0.25, -0.2) is 9.78 Å². The van der Waals surface area contributed by atoms with E-state index in [9.17, 15) is 14.9 Å². The number of aromatic nitrogens is 1. The lowest BCUT2D eigenvalue weighted by Crippen LogP contribution is -2.09. The first-order valence-electron chi connectivity index (χ1n) is 5.74. The summed E-state index contributed by atoms with van der Waals surface area (Å²) in [5.41, 5.74) is 0.655. The van der Waals surface area contributed by atoms with E-state index in [2.05, 4.69) is 10.3 Å². The first-order valence-corrected chi connectivity index (χ1v) is 5.74. The van der Waals surface area contributed by atoms with Crippen molar-refractivity contribution in [2.75, 3.05) is 5.32 Å². The summed E-state index contributed by atoms with van der Waals surface area (Å²) >= 11 is 0. The number of aromatic carboxylic acids is 1. The van der Waals surface area contributed by atoms with Gasteiger partial charge in [-0.15, -0.1) is 0 Å². The summed E-state index contributed by atoms with van der Waals surface area (Å²) in [5.74, 6) is -1.16. The minimum Gasteiger partial charge on any atom is -0.476 e. The van der Waals surface area contributed by atoms with Gasteiger partial charge in [0.25, 0.3) is 5.69 Å². The Hall–Kier alpha value is -2.96. The Bertz CT molecular complexity index is 600. The van der Waals surface area contributed by atoms with Gasteiger partial charge in [-0.1, -0.05) is 18.2 Å². The molecular weight excluding hydrogens is 262 g/mol. The number of carboxylic acid groups (broad SMARTS) is 1. The van der Waals surface area contributed by atoms with E-state index in [0.29, 0.717) is 11.3 Å². The van der Waals surface area contributed by atoms with Gasteiger partial charge < -0.3 is 10.4 Å². The Morgan fingerprint density at radius 1 is 1.30 bits per heavy atom. The number of nitrogens with zero attached hydrogens (tertiary/aromatic N) is 2. The predicted octanol–water partition coefficient (Wildman–Crippen LogP) is 2.30. The van der Waals surface area contributed by atoms with Gasteiger partial charge in [0.1, 0.15) is 0 Å². The maximum Gasteiger partial charge on any atom is 0.356 e. The number of carbonyl (C=O) groups is 1. The van der Waals surface area contributed by atoms with E-state index in [1.807, 2.05) is 0 Å². The van der Waals surface area contributed by atoms with Gasteiger partial charge in [0.2, 0.25) is 0 Å². The molecule has 0 saturated carbocycles. The van der Waals surface area contributed by atoms with Gasteiger partial charge in [0.15, 0.2) is 5.69 Å². The molecule has 20 heavy (non-hydrogen) atoms. The van der Waals surface area contributed by atoms with E-state index in [1.165, 1.54) is 12.3 Å². The lowest BCUT2D eigenvalue weighted by Gasteiger charge is -2.08. The number of pyridine rings is 1. The molecule has 0 bridgehead atoms. The molecule has 2 N–H and O–H groups in total. The third-order valence-electron chi connectivity index (χ3n) is 2.67. The summed E-state index contributed by atoms with van der Waals surface area (Å²) in [7, 11) is 0. The average Bonchev–Trinajstić information content (AvgIpc) is 2.45. The molecule has 2 aromatic rings. The zero-order chi connectivity index (χ0) is 14.5. The number of nitrogens with one attached hydrogen (secondary N) is 1. The number of hydrogen-bond donors (Lipinski definition) is 2. The van der Waals surface area contributed by atoms with E-state index in [0.717, 1.165) is 0 Å². The van der Waals surface area contributed by atoms with Crippen LogP contribution in [-0.2, 0) is 6.54 Å². The molecule has 0 unspecified atom stereocenters. The van der Waals surface area contributed by atoms with E-state index in [1.54, 1.807) is 30.3 Å². The third-order valence-corrected chi connectivity index (χ3v) is 2.67. The highest BCUT2D eigenvalue weighted by atomic mass is 16.6. The molecule has 7 heteroatoms. The van der Waals surface area contributed by atoms with Crippen molar-refractivity contribution in [3.63, 3.8) is 0 Å². The monoisotopic (exact) mass is 273 g/mol. The molecule has 0 amide bonds. The molecule has 1 aromatic carbocycles. The summed E-state index contributed by atoms with van der Waals surface area (Å²) in [6.07, 6.45) is 1.37. The first kappa shape index (κ1) is 13.5. The Morgan fingerprint density at radius 2 is 2.05 bits per heavy atom. The first-order chi connectivity index (χ1) is 9.59. The summed E-state index contributed by atoms with van der Waals surface area (Å²) < 4.78 is 0. The van der Waals surface area contributed by atoms with Crippen LogP contribution in [0.15, 0.2) is 42.6 Å². The number of para-hydroxylation sites is 1. The zero-order valence-electron chi connectivity index (χ0n) is 10.3. The van der Waals surface area contributed by atoms with Crippen LogP contribution in [0.1, 0.15) is 16.1 Å². The smallest absolute Gasteiger partial charge is 0.356 e. The molecule has 7 nitrogen and oxygen atoms in total. The largest absolute Gasteiger partial charge is 0.476 e. The normalized spacial score (nSPS) is 10.0. The number of nitro groups is 1. The second-order valence-electron chi connectivity index (χ2n) is 3.94. The second-order valence-corrected chi connectivity index (χ2v) is 3.94. The van der Waals surface area contributed by atoms with Crippen LogP contribution in [0.3, 0.4) is 0 Å². The maximum absolute atomic E-state index is 11.0. The minimum absolute atomic E-state index is 0.0132. The van der Waals surface area contributed by atoms with E-state index in [-0.39, 0.29) is 17.9 Å². The van der Waals surface area contributed by atoms with Crippen LogP contribution in [0.2, 0.25) is 0 Å². The third kappa shape index (κ3) is 2.89. The summed E-state index contributed by atoms with van der Waals surface area (Å²) in [4.78, 5) is 25.2. The molecular formula is C13H11N3O4. The fourth-order valence-electron chi connectivity index (χ4n) is 1.75. The quantitative estimate of drug-likeness (QED) is 0.639.